The molecule has 31 heavy (non-hydrogen) atoms. The number of aliphatic hydroxyl groups excluding tert-OH is 1. The monoisotopic (exact) mass is 441 g/mol. The maximum absolute atomic E-state index is 9.90. The molecule has 3 saturated heterocycles. The second kappa shape index (κ2) is 7.67. The first kappa shape index (κ1) is 19.4. The number of aromatic nitrogens is 2. The smallest absolute Gasteiger partial charge is 0.193 e. The van der Waals surface area contributed by atoms with Crippen LogP contribution in [0.5, 0.6) is 5.88 Å². The van der Waals surface area contributed by atoms with Crippen molar-refractivity contribution in [1.82, 2.24) is 9.97 Å². The molecule has 8 heteroatoms. The lowest BCUT2D eigenvalue weighted by molar-refractivity contribution is 0.00794. The molecule has 1 unspecified atom stereocenters. The molecule has 3 aromatic rings. The molecule has 7 nitrogen and oxygen atoms in total. The van der Waals surface area contributed by atoms with Crippen molar-refractivity contribution >= 4 is 28.3 Å². The summed E-state index contributed by atoms with van der Waals surface area (Å²) in [7, 11) is 0. The first-order chi connectivity index (χ1) is 15.2. The summed E-state index contributed by atoms with van der Waals surface area (Å²) in [4.78, 5) is 10.4. The molecule has 3 aliphatic rings. The number of aromatic amines is 1. The lowest BCUT2D eigenvalue weighted by Crippen LogP contribution is -2.34. The van der Waals surface area contributed by atoms with Crippen molar-refractivity contribution in [2.75, 3.05) is 31.2 Å². The van der Waals surface area contributed by atoms with Gasteiger partial charge in [-0.1, -0.05) is 23.7 Å². The maximum Gasteiger partial charge on any atom is 0.193 e. The molecule has 0 radical (unpaired) electrons. The highest BCUT2D eigenvalue weighted by molar-refractivity contribution is 6.33. The van der Waals surface area contributed by atoms with Crippen LogP contribution in [0.15, 0.2) is 36.4 Å². The summed E-state index contributed by atoms with van der Waals surface area (Å²) in [5, 5.41) is 10.5. The Kier molecular flexibility index (Phi) is 4.79. The molecule has 2 N–H and O–H groups in total. The van der Waals surface area contributed by atoms with E-state index in [2.05, 4.69) is 34.1 Å². The van der Waals surface area contributed by atoms with E-state index in [1.54, 1.807) is 0 Å². The van der Waals surface area contributed by atoms with Crippen LogP contribution in [0.25, 0.3) is 22.3 Å². The fourth-order valence-corrected chi connectivity index (χ4v) is 5.05. The second-order valence-electron chi connectivity index (χ2n) is 8.45. The van der Waals surface area contributed by atoms with Crippen LogP contribution in [-0.2, 0) is 9.47 Å². The van der Waals surface area contributed by atoms with Crippen LogP contribution < -0.4 is 9.64 Å². The largest absolute Gasteiger partial charge is 0.470 e. The average molecular weight is 442 g/mol. The van der Waals surface area contributed by atoms with Gasteiger partial charge in [0.05, 0.1) is 35.0 Å². The lowest BCUT2D eigenvalue weighted by Gasteiger charge is -2.17. The number of hydrogen-bond acceptors (Lipinski definition) is 6. The van der Waals surface area contributed by atoms with E-state index in [0.29, 0.717) is 17.5 Å². The molecule has 2 aromatic heterocycles. The van der Waals surface area contributed by atoms with Crippen LogP contribution in [0.2, 0.25) is 5.02 Å². The minimum absolute atomic E-state index is 0.261. The summed E-state index contributed by atoms with van der Waals surface area (Å²) < 4.78 is 17.3. The van der Waals surface area contributed by atoms with E-state index in [9.17, 15) is 5.11 Å². The summed E-state index contributed by atoms with van der Waals surface area (Å²) in [6.45, 7) is 2.89. The number of nitrogens with one attached hydrogen (secondary N) is 1. The zero-order chi connectivity index (χ0) is 20.9. The standard InChI is InChI=1S/C23H24ClN3O4/c24-15-9-16-17(10-20(25-16)31-19-12-30-22-18(28)11-29-23(19)22)26-21(15)13-3-5-14(6-4-13)27-7-1-2-8-27/h3-6,9-10,18-19,22-23,25,28H,1-2,7-8,11-12H2/t18-,19-,22?,23-/m1/s1. The number of fused-ring (bicyclic) bond motifs is 2. The van der Waals surface area contributed by atoms with Gasteiger partial charge in [0.1, 0.15) is 18.3 Å². The first-order valence-electron chi connectivity index (χ1n) is 10.8. The quantitative estimate of drug-likeness (QED) is 0.646. The van der Waals surface area contributed by atoms with Crippen molar-refractivity contribution in [2.24, 2.45) is 0 Å². The number of hydrogen-bond donors (Lipinski definition) is 2. The number of ether oxygens (including phenoxy) is 3. The van der Waals surface area contributed by atoms with E-state index >= 15 is 0 Å². The van der Waals surface area contributed by atoms with Gasteiger partial charge in [-0.05, 0) is 31.0 Å². The molecule has 5 heterocycles. The summed E-state index contributed by atoms with van der Waals surface area (Å²) in [6.07, 6.45) is 1.06. The summed E-state index contributed by atoms with van der Waals surface area (Å²) >= 11 is 6.57. The Morgan fingerprint density at radius 3 is 2.65 bits per heavy atom. The van der Waals surface area contributed by atoms with Gasteiger partial charge in [0, 0.05) is 30.4 Å². The van der Waals surface area contributed by atoms with E-state index in [4.69, 9.17) is 30.8 Å². The molecular weight excluding hydrogens is 418 g/mol. The van der Waals surface area contributed by atoms with Gasteiger partial charge >= 0.3 is 0 Å². The third-order valence-corrected chi connectivity index (χ3v) is 6.69. The third-order valence-electron chi connectivity index (χ3n) is 6.40. The number of aliphatic hydroxyl groups is 1. The Hall–Kier alpha value is -2.32. The number of anilines is 1. The van der Waals surface area contributed by atoms with Gasteiger partial charge in [0.15, 0.2) is 12.0 Å². The topological polar surface area (TPSA) is 79.8 Å². The van der Waals surface area contributed by atoms with Crippen LogP contribution in [-0.4, -0.2) is 65.8 Å². The fourth-order valence-electron chi connectivity index (χ4n) is 4.79. The van der Waals surface area contributed by atoms with Crippen molar-refractivity contribution in [2.45, 2.75) is 37.3 Å². The van der Waals surface area contributed by atoms with Crippen molar-refractivity contribution in [3.8, 4) is 17.1 Å². The molecule has 0 bridgehead atoms. The van der Waals surface area contributed by atoms with E-state index in [1.165, 1.54) is 18.5 Å². The van der Waals surface area contributed by atoms with E-state index in [1.807, 2.05) is 12.1 Å². The summed E-state index contributed by atoms with van der Waals surface area (Å²) in [5.41, 5.74) is 4.56. The van der Waals surface area contributed by atoms with Crippen LogP contribution in [0.4, 0.5) is 5.69 Å². The predicted molar refractivity (Wildman–Crippen MR) is 118 cm³/mol. The van der Waals surface area contributed by atoms with Gasteiger partial charge in [-0.3, -0.25) is 0 Å². The van der Waals surface area contributed by atoms with Crippen molar-refractivity contribution in [1.29, 1.82) is 0 Å². The van der Waals surface area contributed by atoms with Gasteiger partial charge in [-0.15, -0.1) is 0 Å². The van der Waals surface area contributed by atoms with Crippen molar-refractivity contribution in [3.63, 3.8) is 0 Å². The van der Waals surface area contributed by atoms with Gasteiger partial charge < -0.3 is 29.2 Å². The molecule has 162 valence electrons. The van der Waals surface area contributed by atoms with Crippen LogP contribution in [0, 0.1) is 0 Å². The molecule has 0 aliphatic carbocycles. The highest BCUT2D eigenvalue weighted by Gasteiger charge is 2.48. The van der Waals surface area contributed by atoms with Crippen LogP contribution in [0.3, 0.4) is 0 Å². The molecule has 3 fully saturated rings. The van der Waals surface area contributed by atoms with Crippen molar-refractivity contribution in [3.05, 3.63) is 41.4 Å². The number of rotatable bonds is 4. The van der Waals surface area contributed by atoms with E-state index in [-0.39, 0.29) is 24.9 Å². The van der Waals surface area contributed by atoms with Gasteiger partial charge in [0.2, 0.25) is 0 Å². The summed E-state index contributed by atoms with van der Waals surface area (Å²) in [5.74, 6) is 0.583. The van der Waals surface area contributed by atoms with Gasteiger partial charge in [-0.25, -0.2) is 4.98 Å². The molecule has 4 atom stereocenters. The average Bonchev–Trinajstić information content (AvgIpc) is 3.55. The third kappa shape index (κ3) is 3.46. The van der Waals surface area contributed by atoms with Crippen LogP contribution in [0.1, 0.15) is 12.8 Å². The minimum atomic E-state index is -0.596. The fraction of sp³-hybridized carbons (Fsp3) is 0.435. The second-order valence-corrected chi connectivity index (χ2v) is 8.85. The van der Waals surface area contributed by atoms with Gasteiger partial charge in [0.25, 0.3) is 0 Å². The number of H-pyrrole nitrogens is 1. The molecule has 1 aromatic carbocycles. The molecule has 3 aliphatic heterocycles. The molecular formula is C23H24ClN3O4. The minimum Gasteiger partial charge on any atom is -0.470 e. The Morgan fingerprint density at radius 1 is 1.06 bits per heavy atom. The highest BCUT2D eigenvalue weighted by Crippen LogP contribution is 2.34. The van der Waals surface area contributed by atoms with E-state index < -0.39 is 6.10 Å². The predicted octanol–water partition coefficient (Wildman–Crippen LogP) is 3.39. The Bertz CT molecular complexity index is 1100. The van der Waals surface area contributed by atoms with Crippen LogP contribution >= 0.6 is 11.6 Å². The lowest BCUT2D eigenvalue weighted by atomic mass is 10.1. The molecule has 0 amide bonds. The van der Waals surface area contributed by atoms with E-state index in [0.717, 1.165) is 35.4 Å². The Balaban J connectivity index is 1.24. The van der Waals surface area contributed by atoms with Crippen molar-refractivity contribution < 1.29 is 19.3 Å². The first-order valence-corrected chi connectivity index (χ1v) is 11.2. The zero-order valence-corrected chi connectivity index (χ0v) is 17.7. The number of nitrogens with zero attached hydrogens (tertiary/aromatic N) is 2. The molecule has 6 rings (SSSR count). The molecule has 0 spiro atoms. The number of pyridine rings is 1. The Morgan fingerprint density at radius 2 is 1.84 bits per heavy atom. The SMILES string of the molecule is O[C@@H]1CO[C@H]2C1OC[C@H]2Oc1cc2nc(-c3ccc(N4CCCC4)cc3)c(Cl)cc2[nH]1. The summed E-state index contributed by atoms with van der Waals surface area (Å²) in [6, 6.07) is 12.2. The highest BCUT2D eigenvalue weighted by atomic mass is 35.5. The zero-order valence-electron chi connectivity index (χ0n) is 17.0. The maximum atomic E-state index is 9.90. The molecule has 0 saturated carbocycles. The number of benzene rings is 1. The normalized spacial score (nSPS) is 27.9. The van der Waals surface area contributed by atoms with Gasteiger partial charge in [-0.2, -0.15) is 0 Å². The number of halogens is 1. The Labute approximate surface area is 184 Å².